The molecule has 4 rings (SSSR count). The topological polar surface area (TPSA) is 33.5 Å². The Hall–Kier alpha value is -2.79. The molecule has 0 saturated carbocycles. The summed E-state index contributed by atoms with van der Waals surface area (Å²) in [5, 5.41) is 4.79. The smallest absolute Gasteiger partial charge is 0.142 e. The number of aryl methyl sites for hydroxylation is 1. The lowest BCUT2D eigenvalue weighted by atomic mass is 10.1. The third-order valence-corrected chi connectivity index (χ3v) is 5.62. The molecule has 0 atom stereocenters. The van der Waals surface area contributed by atoms with Crippen molar-refractivity contribution >= 4 is 5.69 Å². The Morgan fingerprint density at radius 3 is 2.29 bits per heavy atom. The van der Waals surface area contributed by atoms with Gasteiger partial charge in [-0.3, -0.25) is 4.90 Å². The van der Waals surface area contributed by atoms with Gasteiger partial charge >= 0.3 is 0 Å². The van der Waals surface area contributed by atoms with Crippen LogP contribution in [0.1, 0.15) is 17.0 Å². The van der Waals surface area contributed by atoms with Gasteiger partial charge in [0.1, 0.15) is 5.75 Å². The molecule has 146 valence electrons. The molecular weight excluding hydrogens is 348 g/mol. The first-order valence-corrected chi connectivity index (χ1v) is 9.88. The summed E-state index contributed by atoms with van der Waals surface area (Å²) < 4.78 is 7.60. The number of nitrogens with zero attached hydrogens (tertiary/aromatic N) is 4. The van der Waals surface area contributed by atoms with E-state index < -0.39 is 0 Å². The molecule has 1 saturated heterocycles. The van der Waals surface area contributed by atoms with E-state index in [0.29, 0.717) is 0 Å². The Labute approximate surface area is 167 Å². The van der Waals surface area contributed by atoms with Gasteiger partial charge in [0.2, 0.25) is 0 Å². The van der Waals surface area contributed by atoms with Crippen LogP contribution in [0.3, 0.4) is 0 Å². The van der Waals surface area contributed by atoms with Gasteiger partial charge in [0.15, 0.2) is 0 Å². The summed E-state index contributed by atoms with van der Waals surface area (Å²) in [4.78, 5) is 4.95. The lowest BCUT2D eigenvalue weighted by molar-refractivity contribution is 0.248. The summed E-state index contributed by atoms with van der Waals surface area (Å²) in [5.41, 5.74) is 6.00. The second-order valence-corrected chi connectivity index (χ2v) is 7.33. The summed E-state index contributed by atoms with van der Waals surface area (Å²) in [6.45, 7) is 9.32. The molecule has 0 radical (unpaired) electrons. The Kier molecular flexibility index (Phi) is 5.35. The van der Waals surface area contributed by atoms with Crippen LogP contribution in [0.5, 0.6) is 5.75 Å². The van der Waals surface area contributed by atoms with Crippen molar-refractivity contribution in [1.29, 1.82) is 0 Å². The molecule has 0 amide bonds. The van der Waals surface area contributed by atoms with Gasteiger partial charge in [-0.2, -0.15) is 5.10 Å². The minimum absolute atomic E-state index is 0.949. The molecule has 1 aromatic heterocycles. The molecule has 28 heavy (non-hydrogen) atoms. The van der Waals surface area contributed by atoms with Crippen molar-refractivity contribution in [2.75, 3.05) is 38.2 Å². The number of hydrogen-bond acceptors (Lipinski definition) is 4. The molecule has 0 N–H and O–H groups in total. The highest BCUT2D eigenvalue weighted by atomic mass is 16.5. The number of methoxy groups -OCH3 is 1. The zero-order valence-corrected chi connectivity index (χ0v) is 16.9. The normalized spacial score (nSPS) is 15.0. The molecule has 5 heteroatoms. The number of rotatable bonds is 5. The third-order valence-electron chi connectivity index (χ3n) is 5.62. The Morgan fingerprint density at radius 2 is 1.57 bits per heavy atom. The van der Waals surface area contributed by atoms with Gasteiger partial charge < -0.3 is 9.64 Å². The molecule has 1 aliphatic heterocycles. The van der Waals surface area contributed by atoms with Crippen LogP contribution >= 0.6 is 0 Å². The molecule has 0 spiro atoms. The van der Waals surface area contributed by atoms with E-state index in [2.05, 4.69) is 64.7 Å². The lowest BCUT2D eigenvalue weighted by Crippen LogP contribution is -2.46. The van der Waals surface area contributed by atoms with Crippen LogP contribution in [0.15, 0.2) is 54.6 Å². The van der Waals surface area contributed by atoms with Gasteiger partial charge in [0.25, 0.3) is 0 Å². The van der Waals surface area contributed by atoms with Crippen molar-refractivity contribution in [3.8, 4) is 11.4 Å². The zero-order valence-electron chi connectivity index (χ0n) is 16.9. The summed E-state index contributed by atoms with van der Waals surface area (Å²) in [7, 11) is 1.74. The van der Waals surface area contributed by atoms with Crippen molar-refractivity contribution in [2.24, 2.45) is 0 Å². The monoisotopic (exact) mass is 376 g/mol. The predicted molar refractivity (Wildman–Crippen MR) is 114 cm³/mol. The summed E-state index contributed by atoms with van der Waals surface area (Å²) >= 11 is 0. The van der Waals surface area contributed by atoms with Gasteiger partial charge in [-0.15, -0.1) is 0 Å². The van der Waals surface area contributed by atoms with E-state index in [1.54, 1.807) is 7.11 Å². The largest absolute Gasteiger partial charge is 0.495 e. The fraction of sp³-hybridized carbons (Fsp3) is 0.348. The van der Waals surface area contributed by atoms with Crippen molar-refractivity contribution in [3.63, 3.8) is 0 Å². The molecule has 3 aromatic rings. The van der Waals surface area contributed by atoms with E-state index in [9.17, 15) is 0 Å². The molecular formula is C23H28N4O. The predicted octanol–water partition coefficient (Wildman–Crippen LogP) is 3.82. The molecule has 1 aliphatic rings. The molecule has 2 heterocycles. The summed E-state index contributed by atoms with van der Waals surface area (Å²) in [5.74, 6) is 0.951. The molecule has 0 bridgehead atoms. The minimum Gasteiger partial charge on any atom is -0.495 e. The lowest BCUT2D eigenvalue weighted by Gasteiger charge is -2.36. The fourth-order valence-electron chi connectivity index (χ4n) is 3.99. The van der Waals surface area contributed by atoms with Crippen LogP contribution in [-0.4, -0.2) is 48.0 Å². The maximum absolute atomic E-state index is 5.53. The van der Waals surface area contributed by atoms with Crippen LogP contribution in [0.25, 0.3) is 5.69 Å². The standard InChI is InChI=1S/C23H28N4O/c1-18-21(19(2)27(24-18)20-9-5-4-6-10-20)17-25-13-15-26(16-14-25)22-11-7-8-12-23(22)28-3/h4-12H,13-17H2,1-3H3. The number of piperazine rings is 1. The van der Waals surface area contributed by atoms with E-state index in [-0.39, 0.29) is 0 Å². The first-order valence-electron chi connectivity index (χ1n) is 9.88. The highest BCUT2D eigenvalue weighted by Gasteiger charge is 2.22. The van der Waals surface area contributed by atoms with Gasteiger partial charge in [-0.25, -0.2) is 4.68 Å². The van der Waals surface area contributed by atoms with Crippen LogP contribution in [0.4, 0.5) is 5.69 Å². The highest BCUT2D eigenvalue weighted by Crippen LogP contribution is 2.29. The number of hydrogen-bond donors (Lipinski definition) is 0. The van der Waals surface area contributed by atoms with Crippen LogP contribution in [0.2, 0.25) is 0 Å². The Morgan fingerprint density at radius 1 is 0.893 bits per heavy atom. The maximum atomic E-state index is 5.53. The molecule has 5 nitrogen and oxygen atoms in total. The average Bonchev–Trinajstić information content (AvgIpc) is 3.03. The van der Waals surface area contributed by atoms with Crippen molar-refractivity contribution in [2.45, 2.75) is 20.4 Å². The molecule has 0 aliphatic carbocycles. The second-order valence-electron chi connectivity index (χ2n) is 7.33. The third kappa shape index (κ3) is 3.62. The molecule has 0 unspecified atom stereocenters. The number of para-hydroxylation sites is 3. The van der Waals surface area contributed by atoms with E-state index in [1.807, 2.05) is 18.2 Å². The van der Waals surface area contributed by atoms with Gasteiger partial charge in [0.05, 0.1) is 24.2 Å². The van der Waals surface area contributed by atoms with E-state index in [1.165, 1.54) is 16.9 Å². The Bertz CT molecular complexity index is 927. The fourth-order valence-corrected chi connectivity index (χ4v) is 3.99. The SMILES string of the molecule is COc1ccccc1N1CCN(Cc2c(C)nn(-c3ccccc3)c2C)CC1. The van der Waals surface area contributed by atoms with E-state index in [4.69, 9.17) is 9.84 Å². The van der Waals surface area contributed by atoms with Gasteiger partial charge in [0, 0.05) is 44.0 Å². The number of ether oxygens (including phenoxy) is 1. The summed E-state index contributed by atoms with van der Waals surface area (Å²) in [6, 6.07) is 18.6. The first-order chi connectivity index (χ1) is 13.7. The summed E-state index contributed by atoms with van der Waals surface area (Å²) in [6.07, 6.45) is 0. The van der Waals surface area contributed by atoms with Crippen LogP contribution in [-0.2, 0) is 6.54 Å². The highest BCUT2D eigenvalue weighted by molar-refractivity contribution is 5.58. The first kappa shape index (κ1) is 18.6. The van der Waals surface area contributed by atoms with Crippen LogP contribution in [0, 0.1) is 13.8 Å². The number of benzene rings is 2. The number of aromatic nitrogens is 2. The second kappa shape index (κ2) is 8.07. The minimum atomic E-state index is 0.949. The van der Waals surface area contributed by atoms with Crippen molar-refractivity contribution in [3.05, 3.63) is 71.5 Å². The quantitative estimate of drug-likeness (QED) is 0.678. The maximum Gasteiger partial charge on any atom is 0.142 e. The van der Waals surface area contributed by atoms with Crippen molar-refractivity contribution < 1.29 is 4.74 Å². The van der Waals surface area contributed by atoms with E-state index >= 15 is 0 Å². The molecule has 1 fully saturated rings. The Balaban J connectivity index is 1.45. The zero-order chi connectivity index (χ0) is 19.5. The van der Waals surface area contributed by atoms with Crippen molar-refractivity contribution in [1.82, 2.24) is 14.7 Å². The molecule has 2 aromatic carbocycles. The van der Waals surface area contributed by atoms with E-state index in [0.717, 1.165) is 49.9 Å². The van der Waals surface area contributed by atoms with Gasteiger partial charge in [-0.1, -0.05) is 30.3 Å². The average molecular weight is 377 g/mol. The van der Waals surface area contributed by atoms with Gasteiger partial charge in [-0.05, 0) is 38.1 Å². The number of anilines is 1. The van der Waals surface area contributed by atoms with Crippen LogP contribution < -0.4 is 9.64 Å².